The molecule has 1 saturated carbocycles. The maximum atomic E-state index is 12.4. The van der Waals surface area contributed by atoms with Crippen molar-refractivity contribution in [2.24, 2.45) is 11.8 Å². The van der Waals surface area contributed by atoms with Crippen molar-refractivity contribution in [3.63, 3.8) is 0 Å². The van der Waals surface area contributed by atoms with Gasteiger partial charge in [-0.25, -0.2) is 14.5 Å². The van der Waals surface area contributed by atoms with Crippen molar-refractivity contribution in [1.82, 2.24) is 19.5 Å². The van der Waals surface area contributed by atoms with Gasteiger partial charge in [0.2, 0.25) is 5.95 Å². The summed E-state index contributed by atoms with van der Waals surface area (Å²) in [6.07, 6.45) is 3.78. The number of anilines is 1. The molecule has 0 radical (unpaired) electrons. The van der Waals surface area contributed by atoms with Gasteiger partial charge in [-0.3, -0.25) is 9.42 Å². The molecule has 4 atom stereocenters. The molecule has 1 aliphatic carbocycles. The van der Waals surface area contributed by atoms with Gasteiger partial charge >= 0.3 is 7.82 Å². The first-order chi connectivity index (χ1) is 13.9. The normalized spacial score (nSPS) is 23.5. The van der Waals surface area contributed by atoms with Crippen molar-refractivity contribution < 1.29 is 23.6 Å². The lowest BCUT2D eigenvalue weighted by atomic mass is 9.70. The Kier molecular flexibility index (Phi) is 5.46. The number of imidazole rings is 1. The number of benzene rings is 1. The molecule has 1 fully saturated rings. The molecule has 3 aromatic rings. The lowest BCUT2D eigenvalue weighted by Crippen LogP contribution is -2.43. The summed E-state index contributed by atoms with van der Waals surface area (Å²) >= 11 is 5.96. The minimum absolute atomic E-state index is 0.0525. The molecule has 0 amide bonds. The highest BCUT2D eigenvalue weighted by atomic mass is 35.5. The summed E-state index contributed by atoms with van der Waals surface area (Å²) in [5.74, 6) is -0.171. The van der Waals surface area contributed by atoms with E-state index in [1.54, 1.807) is 24.5 Å². The van der Waals surface area contributed by atoms with Gasteiger partial charge in [0.25, 0.3) is 0 Å². The zero-order chi connectivity index (χ0) is 20.6. The standard InChI is InChI=1S/C17H19ClN5O5P/c18-12-3-1-2-4-15(12)28-29(25,26)27-8-11-10(7-24)5-14(11)23-9-21-13-6-20-17(19)22-16(13)23/h1-4,6,9-11,14,24H,5,7-8H2,(H,25,26)(H2,19,20,22)/t10-,11+,14-/m1/s1. The molecule has 2 aromatic heterocycles. The van der Waals surface area contributed by atoms with Crippen molar-refractivity contribution in [2.75, 3.05) is 18.9 Å². The zero-order valence-electron chi connectivity index (χ0n) is 15.1. The van der Waals surface area contributed by atoms with E-state index in [1.165, 1.54) is 12.3 Å². The number of aliphatic hydroxyl groups is 1. The van der Waals surface area contributed by atoms with Crippen LogP contribution >= 0.6 is 19.4 Å². The first kappa shape index (κ1) is 20.1. The van der Waals surface area contributed by atoms with Gasteiger partial charge in [-0.1, -0.05) is 23.7 Å². The molecule has 1 unspecified atom stereocenters. The van der Waals surface area contributed by atoms with E-state index in [9.17, 15) is 14.6 Å². The van der Waals surface area contributed by atoms with Crippen LogP contribution in [-0.2, 0) is 9.09 Å². The highest BCUT2D eigenvalue weighted by Crippen LogP contribution is 2.50. The Balaban J connectivity index is 1.49. The molecule has 0 saturated heterocycles. The van der Waals surface area contributed by atoms with Crippen LogP contribution in [0.4, 0.5) is 5.95 Å². The summed E-state index contributed by atoms with van der Waals surface area (Å²) in [7, 11) is -4.41. The second-order valence-electron chi connectivity index (χ2n) is 6.78. The Morgan fingerprint density at radius 1 is 1.34 bits per heavy atom. The number of halogens is 1. The first-order valence-electron chi connectivity index (χ1n) is 8.85. The predicted octanol–water partition coefficient (Wildman–Crippen LogP) is 2.43. The number of aliphatic hydroxyl groups excluding tert-OH is 1. The van der Waals surface area contributed by atoms with E-state index in [4.69, 9.17) is 26.4 Å². The van der Waals surface area contributed by atoms with Crippen LogP contribution in [0.3, 0.4) is 0 Å². The molecule has 10 nitrogen and oxygen atoms in total. The van der Waals surface area contributed by atoms with Gasteiger partial charge in [-0.05, 0) is 24.5 Å². The number of para-hydroxylation sites is 1. The number of nitrogens with zero attached hydrogens (tertiary/aromatic N) is 4. The number of aromatic nitrogens is 4. The van der Waals surface area contributed by atoms with Gasteiger partial charge in [-0.2, -0.15) is 4.98 Å². The highest BCUT2D eigenvalue weighted by molar-refractivity contribution is 7.47. The minimum atomic E-state index is -4.41. The third-order valence-electron chi connectivity index (χ3n) is 5.05. The van der Waals surface area contributed by atoms with Crippen LogP contribution in [0, 0.1) is 11.8 Å². The van der Waals surface area contributed by atoms with Crippen LogP contribution in [-0.4, -0.2) is 42.7 Å². The van der Waals surface area contributed by atoms with Gasteiger partial charge in [0.1, 0.15) is 11.3 Å². The topological polar surface area (TPSA) is 146 Å². The summed E-state index contributed by atoms with van der Waals surface area (Å²) in [4.78, 5) is 22.5. The van der Waals surface area contributed by atoms with Crippen molar-refractivity contribution >= 4 is 36.5 Å². The summed E-state index contributed by atoms with van der Waals surface area (Å²) in [6, 6.07) is 6.18. The van der Waals surface area contributed by atoms with Crippen LogP contribution in [0.25, 0.3) is 11.2 Å². The fourth-order valence-corrected chi connectivity index (χ4v) is 4.54. The average Bonchev–Trinajstić information content (AvgIpc) is 3.06. The van der Waals surface area contributed by atoms with E-state index in [2.05, 4.69) is 15.0 Å². The predicted molar refractivity (Wildman–Crippen MR) is 105 cm³/mol. The summed E-state index contributed by atoms with van der Waals surface area (Å²) in [6.45, 7) is -0.177. The maximum Gasteiger partial charge on any atom is 0.527 e. The fourth-order valence-electron chi connectivity index (χ4n) is 3.49. The van der Waals surface area contributed by atoms with Gasteiger partial charge in [0.05, 0.1) is 24.2 Å². The molecule has 4 N–H and O–H groups in total. The Labute approximate surface area is 170 Å². The van der Waals surface area contributed by atoms with Crippen LogP contribution in [0.15, 0.2) is 36.8 Å². The SMILES string of the molecule is Nc1ncc2ncn([C@@H]3C[C@H](CO)[C@@H]3COP(=O)(O)Oc3ccccc3Cl)c2n1. The van der Waals surface area contributed by atoms with Gasteiger partial charge in [0.15, 0.2) is 5.65 Å². The molecule has 12 heteroatoms. The van der Waals surface area contributed by atoms with E-state index in [0.29, 0.717) is 17.6 Å². The van der Waals surface area contributed by atoms with Gasteiger partial charge < -0.3 is 19.9 Å². The Morgan fingerprint density at radius 2 is 2.14 bits per heavy atom. The highest BCUT2D eigenvalue weighted by Gasteiger charge is 2.44. The molecular formula is C17H19ClN5O5P. The van der Waals surface area contributed by atoms with E-state index < -0.39 is 7.82 Å². The fraction of sp³-hybridized carbons (Fsp3) is 0.353. The molecule has 29 heavy (non-hydrogen) atoms. The summed E-state index contributed by atoms with van der Waals surface area (Å²) in [5, 5.41) is 9.82. The van der Waals surface area contributed by atoms with Crippen molar-refractivity contribution in [3.05, 3.63) is 41.8 Å². The number of nitrogens with two attached hydrogens (primary N) is 1. The molecule has 1 aliphatic rings. The molecule has 1 aromatic carbocycles. The first-order valence-corrected chi connectivity index (χ1v) is 10.7. The number of hydrogen-bond donors (Lipinski definition) is 3. The lowest BCUT2D eigenvalue weighted by molar-refractivity contribution is -0.00475. The number of phosphoric acid groups is 1. The van der Waals surface area contributed by atoms with Crippen molar-refractivity contribution in [2.45, 2.75) is 12.5 Å². The van der Waals surface area contributed by atoms with E-state index >= 15 is 0 Å². The second-order valence-corrected chi connectivity index (χ2v) is 8.57. The zero-order valence-corrected chi connectivity index (χ0v) is 16.8. The van der Waals surface area contributed by atoms with Crippen molar-refractivity contribution in [3.8, 4) is 5.75 Å². The minimum Gasteiger partial charge on any atom is -0.403 e. The number of hydrogen-bond acceptors (Lipinski definition) is 8. The molecule has 0 aliphatic heterocycles. The molecule has 0 bridgehead atoms. The Morgan fingerprint density at radius 3 is 2.90 bits per heavy atom. The molecular weight excluding hydrogens is 421 g/mol. The monoisotopic (exact) mass is 439 g/mol. The maximum absolute atomic E-state index is 12.4. The van der Waals surface area contributed by atoms with Gasteiger partial charge in [0, 0.05) is 18.6 Å². The molecule has 2 heterocycles. The van der Waals surface area contributed by atoms with Crippen molar-refractivity contribution in [1.29, 1.82) is 0 Å². The van der Waals surface area contributed by atoms with Crippen LogP contribution in [0.2, 0.25) is 5.02 Å². The largest absolute Gasteiger partial charge is 0.527 e. The Bertz CT molecular complexity index is 1080. The summed E-state index contributed by atoms with van der Waals surface area (Å²) in [5.41, 5.74) is 6.82. The second kappa shape index (κ2) is 7.89. The lowest BCUT2D eigenvalue weighted by Gasteiger charge is -2.44. The molecule has 0 spiro atoms. The van der Waals surface area contributed by atoms with E-state index in [1.807, 2.05) is 4.57 Å². The average molecular weight is 440 g/mol. The van der Waals surface area contributed by atoms with E-state index in [-0.39, 0.29) is 47.8 Å². The molecule has 4 rings (SSSR count). The third-order valence-corrected chi connectivity index (χ3v) is 6.27. The number of rotatable bonds is 7. The number of phosphoric ester groups is 1. The van der Waals surface area contributed by atoms with Crippen LogP contribution < -0.4 is 10.3 Å². The number of nitrogen functional groups attached to an aromatic ring is 1. The Hall–Kier alpha value is -2.23. The number of fused-ring (bicyclic) bond motifs is 1. The van der Waals surface area contributed by atoms with E-state index in [0.717, 1.165) is 0 Å². The van der Waals surface area contributed by atoms with Crippen LogP contribution in [0.5, 0.6) is 5.75 Å². The third kappa shape index (κ3) is 4.08. The van der Waals surface area contributed by atoms with Gasteiger partial charge in [-0.15, -0.1) is 0 Å². The summed E-state index contributed by atoms with van der Waals surface area (Å²) < 4.78 is 24.5. The quantitative estimate of drug-likeness (QED) is 0.472. The molecule has 154 valence electrons. The van der Waals surface area contributed by atoms with Crippen LogP contribution in [0.1, 0.15) is 12.5 Å². The smallest absolute Gasteiger partial charge is 0.403 e.